The normalized spacial score (nSPS) is 13.9. The van der Waals surface area contributed by atoms with E-state index >= 15 is 0 Å². The lowest BCUT2D eigenvalue weighted by atomic mass is 9.92. The van der Waals surface area contributed by atoms with Crippen molar-refractivity contribution < 1.29 is 0 Å². The number of aromatic nitrogens is 1. The summed E-state index contributed by atoms with van der Waals surface area (Å²) in [4.78, 5) is 1.53. The molecule has 0 amide bonds. The third-order valence-corrected chi connectivity index (χ3v) is 13.3. The summed E-state index contributed by atoms with van der Waals surface area (Å²) in [5.74, 6) is 0. The number of aryl methyl sites for hydroxylation is 1. The fraction of sp³-hybridized carbons (Fsp3) is 0.0769. The van der Waals surface area contributed by atoms with Crippen molar-refractivity contribution in [3.05, 3.63) is 173 Å². The zero-order valence-electron chi connectivity index (χ0n) is 29.8. The smallest absolute Gasteiger partial charge is 0.0538 e. The maximum absolute atomic E-state index is 2.52. The molecule has 0 unspecified atom stereocenters. The molecule has 2 heterocycles. The Balaban J connectivity index is 0.952. The van der Waals surface area contributed by atoms with Crippen molar-refractivity contribution in [3.8, 4) is 61.3 Å². The van der Waals surface area contributed by atoms with Crippen LogP contribution in [0.2, 0.25) is 0 Å². The Hall–Kier alpha value is -6.22. The molecular weight excluding hydrogens is 671 g/mol. The molecule has 2 heteroatoms. The van der Waals surface area contributed by atoms with Gasteiger partial charge in [0.25, 0.3) is 0 Å². The molecule has 1 nitrogen and oxygen atoms in total. The molecule has 3 aliphatic rings. The van der Waals surface area contributed by atoms with Gasteiger partial charge in [-0.1, -0.05) is 121 Å². The average Bonchev–Trinajstić information content (AvgIpc) is 3.89. The van der Waals surface area contributed by atoms with Crippen molar-refractivity contribution >= 4 is 55.3 Å². The van der Waals surface area contributed by atoms with Crippen LogP contribution in [0.25, 0.3) is 105 Å². The van der Waals surface area contributed by atoms with Gasteiger partial charge in [-0.2, -0.15) is 0 Å². The van der Waals surface area contributed by atoms with E-state index in [4.69, 9.17) is 0 Å². The number of hydrogen-bond donors (Lipinski definition) is 0. The van der Waals surface area contributed by atoms with Crippen LogP contribution in [-0.2, 0) is 12.8 Å². The van der Waals surface area contributed by atoms with E-state index < -0.39 is 0 Å². The van der Waals surface area contributed by atoms with Crippen molar-refractivity contribution in [3.63, 3.8) is 0 Å². The summed E-state index contributed by atoms with van der Waals surface area (Å²) in [7, 11) is 0. The summed E-state index contributed by atoms with van der Waals surface area (Å²) in [5, 5.41) is 5.40. The lowest BCUT2D eigenvalue weighted by molar-refractivity contribution is 0.889. The van der Waals surface area contributed by atoms with E-state index in [2.05, 4.69) is 168 Å². The van der Waals surface area contributed by atoms with Gasteiger partial charge in [0.1, 0.15) is 0 Å². The molecule has 0 atom stereocenters. The van der Waals surface area contributed by atoms with Crippen LogP contribution in [0.1, 0.15) is 34.5 Å². The highest BCUT2D eigenvalue weighted by molar-refractivity contribution is 7.19. The zero-order valence-corrected chi connectivity index (χ0v) is 30.6. The Kier molecular flexibility index (Phi) is 6.52. The van der Waals surface area contributed by atoms with Gasteiger partial charge in [-0.05, 0) is 140 Å². The monoisotopic (exact) mass is 705 g/mol. The van der Waals surface area contributed by atoms with Gasteiger partial charge in [-0.3, -0.25) is 0 Å². The molecule has 7 aromatic carbocycles. The zero-order chi connectivity index (χ0) is 35.3. The van der Waals surface area contributed by atoms with Gasteiger partial charge in [0.05, 0.1) is 5.52 Å². The molecule has 9 aromatic rings. The van der Waals surface area contributed by atoms with Crippen molar-refractivity contribution in [2.75, 3.05) is 0 Å². The molecule has 0 radical (unpaired) electrons. The van der Waals surface area contributed by atoms with E-state index in [9.17, 15) is 0 Å². The van der Waals surface area contributed by atoms with Crippen molar-refractivity contribution in [1.29, 1.82) is 0 Å². The first kappa shape index (κ1) is 30.3. The quantitative estimate of drug-likeness (QED) is 0.172. The van der Waals surface area contributed by atoms with Crippen LogP contribution in [0.3, 0.4) is 0 Å². The molecule has 254 valence electrons. The van der Waals surface area contributed by atoms with Gasteiger partial charge >= 0.3 is 0 Å². The third-order valence-electron chi connectivity index (χ3n) is 12.1. The Morgan fingerprint density at radius 1 is 0.444 bits per heavy atom. The fourth-order valence-corrected chi connectivity index (χ4v) is 10.8. The van der Waals surface area contributed by atoms with Crippen molar-refractivity contribution in [2.45, 2.75) is 25.7 Å². The summed E-state index contributed by atoms with van der Waals surface area (Å²) < 4.78 is 3.92. The summed E-state index contributed by atoms with van der Waals surface area (Å²) in [6.45, 7) is 0. The molecule has 0 bridgehead atoms. The summed E-state index contributed by atoms with van der Waals surface area (Å²) >= 11 is 1.96. The van der Waals surface area contributed by atoms with E-state index in [0.29, 0.717) is 0 Å². The lowest BCUT2D eigenvalue weighted by Crippen LogP contribution is -2.03. The molecule has 2 aromatic heterocycles. The van der Waals surface area contributed by atoms with Gasteiger partial charge in [-0.25, -0.2) is 0 Å². The number of fused-ring (bicyclic) bond motifs is 9. The van der Waals surface area contributed by atoms with Crippen molar-refractivity contribution in [1.82, 2.24) is 4.57 Å². The fourth-order valence-electron chi connectivity index (χ4n) is 9.58. The minimum Gasteiger partial charge on any atom is -0.313 e. The third kappa shape index (κ3) is 4.44. The van der Waals surface area contributed by atoms with Crippen LogP contribution in [0.4, 0.5) is 0 Å². The highest BCUT2D eigenvalue weighted by Gasteiger charge is 2.23. The second kappa shape index (κ2) is 11.6. The van der Waals surface area contributed by atoms with Gasteiger partial charge in [0, 0.05) is 37.3 Å². The number of thiophene rings is 1. The van der Waals surface area contributed by atoms with E-state index in [0.717, 1.165) is 25.7 Å². The highest BCUT2D eigenvalue weighted by atomic mass is 32.1. The summed E-state index contributed by atoms with van der Waals surface area (Å²) in [6.07, 6.45) is 13.8. The van der Waals surface area contributed by atoms with Crippen molar-refractivity contribution in [2.24, 2.45) is 0 Å². The number of rotatable bonds is 4. The Bertz CT molecular complexity index is 3080. The second-order valence-electron chi connectivity index (χ2n) is 15.0. The molecule has 0 N–H and O–H groups in total. The van der Waals surface area contributed by atoms with Gasteiger partial charge in [0.15, 0.2) is 0 Å². The predicted molar refractivity (Wildman–Crippen MR) is 232 cm³/mol. The first-order valence-electron chi connectivity index (χ1n) is 19.2. The Labute approximate surface area is 318 Å². The van der Waals surface area contributed by atoms with Gasteiger partial charge in [-0.15, -0.1) is 11.3 Å². The molecule has 54 heavy (non-hydrogen) atoms. The van der Waals surface area contributed by atoms with E-state index in [1.807, 2.05) is 11.3 Å². The number of allylic oxidation sites excluding steroid dienone is 2. The molecule has 0 spiro atoms. The molecule has 3 aliphatic carbocycles. The van der Waals surface area contributed by atoms with Crippen LogP contribution in [0.15, 0.2) is 152 Å². The van der Waals surface area contributed by atoms with Crippen LogP contribution in [-0.4, -0.2) is 4.57 Å². The van der Waals surface area contributed by atoms with E-state index in [1.165, 1.54) is 115 Å². The van der Waals surface area contributed by atoms with E-state index in [1.54, 1.807) is 0 Å². The molecule has 12 rings (SSSR count). The van der Waals surface area contributed by atoms with Crippen LogP contribution in [0.5, 0.6) is 0 Å². The largest absolute Gasteiger partial charge is 0.313 e. The molecular formula is C52H35NS. The van der Waals surface area contributed by atoms with Crippen LogP contribution < -0.4 is 0 Å². The van der Waals surface area contributed by atoms with Gasteiger partial charge < -0.3 is 4.57 Å². The molecule has 0 aliphatic heterocycles. The lowest BCUT2D eigenvalue weighted by Gasteiger charge is -2.15. The SMILES string of the molecule is C1=Cc2c(sc3ccc(-c4ccc5c(c4)c4c(n5-c5cccc(-c6cccc(-c7ccc8c9c(cccc79)-c7ccccc7-8)c6)c5)CCC=C4)cc23)CC1. The maximum Gasteiger partial charge on any atom is 0.0538 e. The van der Waals surface area contributed by atoms with Crippen LogP contribution >= 0.6 is 11.3 Å². The average molecular weight is 706 g/mol. The minimum atomic E-state index is 1.03. The minimum absolute atomic E-state index is 1.03. The molecule has 0 saturated carbocycles. The van der Waals surface area contributed by atoms with Crippen LogP contribution in [0, 0.1) is 0 Å². The first-order valence-corrected chi connectivity index (χ1v) is 20.0. The first-order chi connectivity index (χ1) is 26.8. The van der Waals surface area contributed by atoms with E-state index in [-0.39, 0.29) is 0 Å². The molecule has 0 fully saturated rings. The van der Waals surface area contributed by atoms with Gasteiger partial charge in [0.2, 0.25) is 0 Å². The Morgan fingerprint density at radius 2 is 1.11 bits per heavy atom. The standard InChI is InChI=1S/C52H35NS/c1-2-15-40-39(14-1)44-19-9-18-43-38(24-25-45(40)52(43)44)36-12-7-10-32(28-36)33-11-8-13-37(29-33)53-48-20-5-3-16-41(48)46-30-34(22-26-49(46)53)35-23-27-51-47(31-35)42-17-4-6-21-50(42)54-51/h1-4,7-19,22-31H,5-6,20-21H2. The maximum atomic E-state index is 2.52. The topological polar surface area (TPSA) is 4.93 Å². The highest BCUT2D eigenvalue weighted by Crippen LogP contribution is 2.49. The summed E-state index contributed by atoms with van der Waals surface area (Å²) in [6, 6.07) is 52.7. The predicted octanol–water partition coefficient (Wildman–Crippen LogP) is 14.6. The number of nitrogens with zero attached hydrogens (tertiary/aromatic N) is 1. The molecule has 0 saturated heterocycles. The number of hydrogen-bond acceptors (Lipinski definition) is 1. The second-order valence-corrected chi connectivity index (χ2v) is 16.2. The number of benzene rings is 7. The Morgan fingerprint density at radius 3 is 2.00 bits per heavy atom. The summed E-state index contributed by atoms with van der Waals surface area (Å²) in [5.41, 5.74) is 19.6.